The lowest BCUT2D eigenvalue weighted by Crippen LogP contribution is -2.34. The lowest BCUT2D eigenvalue weighted by Gasteiger charge is -2.42. The van der Waals surface area contributed by atoms with E-state index in [9.17, 15) is 10.2 Å². The zero-order valence-electron chi connectivity index (χ0n) is 22.8. The molecular formula is C31H50O4. The number of hydrogen-bond donors (Lipinski definition) is 2. The van der Waals surface area contributed by atoms with Crippen LogP contribution in [0.15, 0.2) is 47.8 Å². The topological polar surface area (TPSA) is 58.9 Å². The highest BCUT2D eigenvalue weighted by Crippen LogP contribution is 2.59. The minimum Gasteiger partial charge on any atom is -0.498 e. The zero-order valence-corrected chi connectivity index (χ0v) is 22.8. The molecule has 0 radical (unpaired) electrons. The summed E-state index contributed by atoms with van der Waals surface area (Å²) in [6.07, 6.45) is 14.6. The Morgan fingerprint density at radius 2 is 1.94 bits per heavy atom. The zero-order chi connectivity index (χ0) is 25.6. The third-order valence-corrected chi connectivity index (χ3v) is 9.39. The highest BCUT2D eigenvalue weighted by atomic mass is 16.5. The van der Waals surface area contributed by atoms with Crippen LogP contribution in [0.25, 0.3) is 0 Å². The van der Waals surface area contributed by atoms with Gasteiger partial charge in [0.05, 0.1) is 30.2 Å². The monoisotopic (exact) mass is 486 g/mol. The van der Waals surface area contributed by atoms with E-state index in [4.69, 9.17) is 9.47 Å². The molecule has 3 aliphatic rings. The highest BCUT2D eigenvalue weighted by Gasteiger charge is 2.50. The van der Waals surface area contributed by atoms with Crippen LogP contribution in [0.5, 0.6) is 0 Å². The minimum absolute atomic E-state index is 0.0729. The molecule has 0 amide bonds. The Balaban J connectivity index is 1.64. The highest BCUT2D eigenvalue weighted by molar-refractivity contribution is 5.39. The first-order chi connectivity index (χ1) is 16.7. The number of aliphatic hydroxyl groups excluding tert-OH is 1. The van der Waals surface area contributed by atoms with E-state index in [1.807, 2.05) is 6.92 Å². The molecule has 2 N–H and O–H groups in total. The SMILES string of the molecule is C=C(OCCCC(O)(CC)CC)[C@H]1CCC2/C(=C/C=C3/C[C@@H](OCC)C[C@H](O)C3=C)CCC[C@@]21C. The third-order valence-electron chi connectivity index (χ3n) is 9.39. The van der Waals surface area contributed by atoms with Crippen molar-refractivity contribution in [3.63, 3.8) is 0 Å². The molecule has 3 aliphatic carbocycles. The van der Waals surface area contributed by atoms with Gasteiger partial charge in [0, 0.05) is 18.9 Å². The van der Waals surface area contributed by atoms with Crippen molar-refractivity contribution in [2.45, 2.75) is 116 Å². The first-order valence-electron chi connectivity index (χ1n) is 14.1. The fourth-order valence-corrected chi connectivity index (χ4v) is 6.89. The predicted molar refractivity (Wildman–Crippen MR) is 144 cm³/mol. The van der Waals surface area contributed by atoms with Crippen molar-refractivity contribution in [2.75, 3.05) is 13.2 Å². The van der Waals surface area contributed by atoms with Gasteiger partial charge in [-0.05, 0) is 93.6 Å². The summed E-state index contributed by atoms with van der Waals surface area (Å²) in [5.41, 5.74) is 3.13. The number of ether oxygens (including phenoxy) is 2. The summed E-state index contributed by atoms with van der Waals surface area (Å²) < 4.78 is 12.0. The van der Waals surface area contributed by atoms with Gasteiger partial charge in [-0.2, -0.15) is 0 Å². The smallest absolute Gasteiger partial charge is 0.0924 e. The van der Waals surface area contributed by atoms with E-state index in [0.29, 0.717) is 31.5 Å². The Labute approximate surface area is 214 Å². The van der Waals surface area contributed by atoms with Gasteiger partial charge in [-0.1, -0.05) is 51.7 Å². The standard InChI is InChI=1S/C31H50O4/c1-7-31(33,8-2)18-11-19-35-23(5)27-15-16-28-24(12-10-17-30(27,28)6)13-14-25-20-26(34-9-3)21-29(32)22(25)4/h13-14,26-29,32-33H,4-5,7-12,15-21H2,1-3,6H3/b24-13+,25-14-/t26-,27-,28?,29+,30-/m1/s1. The molecule has 4 nitrogen and oxygen atoms in total. The molecule has 0 spiro atoms. The Morgan fingerprint density at radius 3 is 2.63 bits per heavy atom. The van der Waals surface area contributed by atoms with E-state index >= 15 is 0 Å². The van der Waals surface area contributed by atoms with Crippen LogP contribution in [0.3, 0.4) is 0 Å². The first kappa shape index (κ1) is 28.2. The Kier molecular flexibility index (Phi) is 9.88. The van der Waals surface area contributed by atoms with E-state index in [-0.39, 0.29) is 11.5 Å². The van der Waals surface area contributed by atoms with E-state index in [2.05, 4.69) is 46.1 Å². The lowest BCUT2D eigenvalue weighted by molar-refractivity contribution is 0.0132. The summed E-state index contributed by atoms with van der Waals surface area (Å²) in [5, 5.41) is 21.0. The van der Waals surface area contributed by atoms with Crippen LogP contribution in [-0.2, 0) is 9.47 Å². The van der Waals surface area contributed by atoms with Crippen LogP contribution in [-0.4, -0.2) is 41.2 Å². The molecule has 1 unspecified atom stereocenters. The minimum atomic E-state index is -0.560. The molecule has 5 atom stereocenters. The molecule has 0 aromatic heterocycles. The molecule has 3 fully saturated rings. The van der Waals surface area contributed by atoms with Gasteiger partial charge < -0.3 is 19.7 Å². The number of aliphatic hydroxyl groups is 2. The second-order valence-electron chi connectivity index (χ2n) is 11.4. The second kappa shape index (κ2) is 12.3. The van der Waals surface area contributed by atoms with Crippen LogP contribution in [0.2, 0.25) is 0 Å². The largest absolute Gasteiger partial charge is 0.498 e. The number of fused-ring (bicyclic) bond motifs is 1. The van der Waals surface area contributed by atoms with Gasteiger partial charge >= 0.3 is 0 Å². The molecule has 0 saturated heterocycles. The van der Waals surface area contributed by atoms with E-state index in [0.717, 1.165) is 61.9 Å². The van der Waals surface area contributed by atoms with Crippen molar-refractivity contribution in [1.82, 2.24) is 0 Å². The summed E-state index contributed by atoms with van der Waals surface area (Å²) in [7, 11) is 0. The maximum Gasteiger partial charge on any atom is 0.0924 e. The van der Waals surface area contributed by atoms with E-state index in [1.165, 1.54) is 24.8 Å². The van der Waals surface area contributed by atoms with Crippen LogP contribution in [0.4, 0.5) is 0 Å². The molecule has 0 heterocycles. The molecular weight excluding hydrogens is 436 g/mol. The summed E-state index contributed by atoms with van der Waals surface area (Å²) in [6, 6.07) is 0. The summed E-state index contributed by atoms with van der Waals surface area (Å²) >= 11 is 0. The van der Waals surface area contributed by atoms with Crippen LogP contribution in [0.1, 0.15) is 98.3 Å². The first-order valence-corrected chi connectivity index (χ1v) is 14.1. The summed E-state index contributed by atoms with van der Waals surface area (Å²) in [4.78, 5) is 0. The van der Waals surface area contributed by atoms with Crippen molar-refractivity contribution < 1.29 is 19.7 Å². The number of rotatable bonds is 11. The summed E-state index contributed by atoms with van der Waals surface area (Å²) in [6.45, 7) is 18.4. The molecule has 0 aliphatic heterocycles. The van der Waals surface area contributed by atoms with Gasteiger partial charge in [-0.25, -0.2) is 0 Å². The average Bonchev–Trinajstić information content (AvgIpc) is 3.20. The van der Waals surface area contributed by atoms with Crippen molar-refractivity contribution in [3.8, 4) is 0 Å². The Morgan fingerprint density at radius 1 is 1.20 bits per heavy atom. The van der Waals surface area contributed by atoms with Gasteiger partial charge in [-0.15, -0.1) is 0 Å². The Hall–Kier alpha value is -1.36. The predicted octanol–water partition coefficient (Wildman–Crippen LogP) is 7.03. The maximum absolute atomic E-state index is 10.5. The van der Waals surface area contributed by atoms with Crippen LogP contribution in [0, 0.1) is 17.3 Å². The van der Waals surface area contributed by atoms with Gasteiger partial charge in [-0.3, -0.25) is 0 Å². The molecule has 35 heavy (non-hydrogen) atoms. The molecule has 3 rings (SSSR count). The van der Waals surface area contributed by atoms with Gasteiger partial charge in [0.25, 0.3) is 0 Å². The molecule has 0 aromatic carbocycles. The molecule has 0 bridgehead atoms. The third kappa shape index (κ3) is 6.50. The van der Waals surface area contributed by atoms with Crippen molar-refractivity contribution in [1.29, 1.82) is 0 Å². The normalized spacial score (nSPS) is 33.8. The van der Waals surface area contributed by atoms with Crippen molar-refractivity contribution in [2.24, 2.45) is 17.3 Å². The molecule has 0 aromatic rings. The lowest BCUT2D eigenvalue weighted by atomic mass is 9.63. The molecule has 198 valence electrons. The van der Waals surface area contributed by atoms with Crippen LogP contribution >= 0.6 is 0 Å². The average molecular weight is 487 g/mol. The van der Waals surface area contributed by atoms with E-state index < -0.39 is 11.7 Å². The van der Waals surface area contributed by atoms with E-state index in [1.54, 1.807) is 0 Å². The van der Waals surface area contributed by atoms with Crippen molar-refractivity contribution in [3.05, 3.63) is 47.8 Å². The van der Waals surface area contributed by atoms with Crippen LogP contribution < -0.4 is 0 Å². The molecule has 3 saturated carbocycles. The van der Waals surface area contributed by atoms with Gasteiger partial charge in [0.15, 0.2) is 0 Å². The Bertz CT molecular complexity index is 805. The quantitative estimate of drug-likeness (QED) is 0.243. The maximum atomic E-state index is 10.5. The van der Waals surface area contributed by atoms with Crippen molar-refractivity contribution >= 4 is 0 Å². The fraction of sp³-hybridized carbons (Fsp3) is 0.742. The number of hydrogen-bond acceptors (Lipinski definition) is 4. The summed E-state index contributed by atoms with van der Waals surface area (Å²) in [5.74, 6) is 1.87. The fourth-order valence-electron chi connectivity index (χ4n) is 6.89. The van der Waals surface area contributed by atoms with Gasteiger partial charge in [0.1, 0.15) is 0 Å². The second-order valence-corrected chi connectivity index (χ2v) is 11.4. The molecule has 4 heteroatoms. The number of allylic oxidation sites excluding steroid dienone is 4. The van der Waals surface area contributed by atoms with Gasteiger partial charge in [0.2, 0.25) is 0 Å².